The quantitative estimate of drug-likeness (QED) is 0.719. The Kier molecular flexibility index (Phi) is 6.76. The van der Waals surface area contributed by atoms with Crippen molar-refractivity contribution in [1.82, 2.24) is 15.2 Å². The molecular formula is C23H31N3OS. The average molecular weight is 398 g/mol. The van der Waals surface area contributed by atoms with Crippen LogP contribution in [0.1, 0.15) is 53.2 Å². The fourth-order valence-corrected chi connectivity index (χ4v) is 5.56. The van der Waals surface area contributed by atoms with Crippen LogP contribution in [0.4, 0.5) is 0 Å². The van der Waals surface area contributed by atoms with Gasteiger partial charge in [-0.25, -0.2) is 4.98 Å². The Hall–Kier alpha value is -1.72. The molecule has 0 saturated carbocycles. The number of hydrogen-bond acceptors (Lipinski definition) is 4. The Morgan fingerprint density at radius 3 is 2.89 bits per heavy atom. The molecule has 1 aliphatic heterocycles. The Balaban J connectivity index is 1.18. The highest BCUT2D eigenvalue weighted by Gasteiger charge is 2.25. The first-order valence-corrected chi connectivity index (χ1v) is 11.6. The standard InChI is InChI=1S/C23H31N3OS/c27-23(19-10-7-15-26(17-19)16-18-8-2-1-3-9-18)24-14-6-13-22-25-20-11-4-5-12-21(20)28-22/h1-3,8-9,19H,4-7,10-17H2,(H,24,27). The van der Waals surface area contributed by atoms with E-state index in [1.807, 2.05) is 11.3 Å². The maximum absolute atomic E-state index is 12.6. The molecule has 1 aromatic heterocycles. The number of rotatable bonds is 7. The van der Waals surface area contributed by atoms with E-state index in [-0.39, 0.29) is 11.8 Å². The minimum atomic E-state index is 0.129. The smallest absolute Gasteiger partial charge is 0.224 e. The van der Waals surface area contributed by atoms with Gasteiger partial charge in [0.1, 0.15) is 0 Å². The third-order valence-electron chi connectivity index (χ3n) is 5.88. The van der Waals surface area contributed by atoms with Crippen molar-refractivity contribution in [2.45, 2.75) is 57.9 Å². The lowest BCUT2D eigenvalue weighted by atomic mass is 9.96. The van der Waals surface area contributed by atoms with Gasteiger partial charge in [-0.3, -0.25) is 9.69 Å². The second kappa shape index (κ2) is 9.66. The van der Waals surface area contributed by atoms with Crippen LogP contribution in [0.5, 0.6) is 0 Å². The highest BCUT2D eigenvalue weighted by molar-refractivity contribution is 7.11. The summed E-state index contributed by atoms with van der Waals surface area (Å²) in [7, 11) is 0. The summed E-state index contributed by atoms with van der Waals surface area (Å²) in [5.74, 6) is 0.362. The summed E-state index contributed by atoms with van der Waals surface area (Å²) in [6.07, 6.45) is 9.06. The van der Waals surface area contributed by atoms with Crippen LogP contribution in [-0.4, -0.2) is 35.4 Å². The summed E-state index contributed by atoms with van der Waals surface area (Å²) in [4.78, 5) is 21.3. The molecule has 2 heterocycles. The van der Waals surface area contributed by atoms with E-state index in [1.165, 1.54) is 40.4 Å². The zero-order valence-electron chi connectivity index (χ0n) is 16.7. The summed E-state index contributed by atoms with van der Waals surface area (Å²) in [5.41, 5.74) is 2.67. The van der Waals surface area contributed by atoms with Crippen molar-refractivity contribution in [3.63, 3.8) is 0 Å². The molecule has 1 saturated heterocycles. The van der Waals surface area contributed by atoms with Gasteiger partial charge in [0.2, 0.25) is 5.91 Å². The van der Waals surface area contributed by atoms with Crippen molar-refractivity contribution < 1.29 is 4.79 Å². The number of nitrogens with zero attached hydrogens (tertiary/aromatic N) is 2. The largest absolute Gasteiger partial charge is 0.356 e. The van der Waals surface area contributed by atoms with E-state index in [4.69, 9.17) is 4.98 Å². The predicted molar refractivity (Wildman–Crippen MR) is 115 cm³/mol. The summed E-state index contributed by atoms with van der Waals surface area (Å²) in [6.45, 7) is 3.67. The van der Waals surface area contributed by atoms with Crippen molar-refractivity contribution in [2.24, 2.45) is 5.92 Å². The summed E-state index contributed by atoms with van der Waals surface area (Å²) < 4.78 is 0. The van der Waals surface area contributed by atoms with Crippen LogP contribution in [0.2, 0.25) is 0 Å². The maximum atomic E-state index is 12.6. The molecule has 2 aromatic rings. The van der Waals surface area contributed by atoms with E-state index in [1.54, 1.807) is 0 Å². The van der Waals surface area contributed by atoms with Crippen LogP contribution in [0.3, 0.4) is 0 Å². The lowest BCUT2D eigenvalue weighted by Gasteiger charge is -2.32. The molecule has 5 heteroatoms. The number of amides is 1. The molecule has 150 valence electrons. The molecule has 4 nitrogen and oxygen atoms in total. The molecule has 0 bridgehead atoms. The van der Waals surface area contributed by atoms with Gasteiger partial charge in [-0.15, -0.1) is 11.3 Å². The number of aryl methyl sites for hydroxylation is 3. The molecule has 1 unspecified atom stereocenters. The van der Waals surface area contributed by atoms with Crippen molar-refractivity contribution in [2.75, 3.05) is 19.6 Å². The number of thiazole rings is 1. The summed E-state index contributed by atoms with van der Waals surface area (Å²) in [6, 6.07) is 10.6. The van der Waals surface area contributed by atoms with Gasteiger partial charge in [0.15, 0.2) is 0 Å². The molecule has 0 spiro atoms. The monoisotopic (exact) mass is 397 g/mol. The molecule has 2 aliphatic rings. The molecule has 1 atom stereocenters. The van der Waals surface area contributed by atoms with Crippen molar-refractivity contribution in [3.8, 4) is 0 Å². The zero-order chi connectivity index (χ0) is 19.2. The minimum Gasteiger partial charge on any atom is -0.356 e. The zero-order valence-corrected chi connectivity index (χ0v) is 17.5. The molecular weight excluding hydrogens is 366 g/mol. The fourth-order valence-electron chi connectivity index (χ4n) is 4.36. The van der Waals surface area contributed by atoms with Gasteiger partial charge in [0, 0.05) is 30.9 Å². The van der Waals surface area contributed by atoms with E-state index in [0.717, 1.165) is 58.3 Å². The van der Waals surface area contributed by atoms with Crippen LogP contribution in [-0.2, 0) is 30.6 Å². The first kappa shape index (κ1) is 19.6. The summed E-state index contributed by atoms with van der Waals surface area (Å²) in [5, 5.41) is 4.44. The Bertz CT molecular complexity index is 750. The van der Waals surface area contributed by atoms with Gasteiger partial charge in [0.25, 0.3) is 0 Å². The van der Waals surface area contributed by atoms with Crippen LogP contribution >= 0.6 is 11.3 Å². The van der Waals surface area contributed by atoms with E-state index in [9.17, 15) is 4.79 Å². The Morgan fingerprint density at radius 1 is 1.18 bits per heavy atom. The normalized spacial score (nSPS) is 19.9. The van der Waals surface area contributed by atoms with Gasteiger partial charge in [-0.2, -0.15) is 0 Å². The number of nitrogens with one attached hydrogen (secondary N) is 1. The second-order valence-electron chi connectivity index (χ2n) is 8.14. The molecule has 1 amide bonds. The Morgan fingerprint density at radius 2 is 2.04 bits per heavy atom. The maximum Gasteiger partial charge on any atom is 0.224 e. The molecule has 4 rings (SSSR count). The third-order valence-corrected chi connectivity index (χ3v) is 7.10. The molecule has 1 fully saturated rings. The van der Waals surface area contributed by atoms with Gasteiger partial charge in [-0.05, 0) is 57.1 Å². The second-order valence-corrected chi connectivity index (χ2v) is 9.31. The molecule has 1 N–H and O–H groups in total. The minimum absolute atomic E-state index is 0.129. The lowest BCUT2D eigenvalue weighted by molar-refractivity contribution is -0.126. The van der Waals surface area contributed by atoms with Gasteiger partial charge < -0.3 is 5.32 Å². The SMILES string of the molecule is O=C(NCCCc1nc2c(s1)CCCC2)C1CCCN(Cc2ccccc2)C1. The van der Waals surface area contributed by atoms with Crippen LogP contribution in [0, 0.1) is 5.92 Å². The molecule has 28 heavy (non-hydrogen) atoms. The topological polar surface area (TPSA) is 45.2 Å². The number of aromatic nitrogens is 1. The van der Waals surface area contributed by atoms with E-state index in [2.05, 4.69) is 40.5 Å². The number of piperidine rings is 1. The van der Waals surface area contributed by atoms with Crippen LogP contribution < -0.4 is 5.32 Å². The number of benzene rings is 1. The predicted octanol–water partition coefficient (Wildman–Crippen LogP) is 3.98. The number of likely N-dealkylation sites (tertiary alicyclic amines) is 1. The third kappa shape index (κ3) is 5.21. The Labute approximate surface area is 172 Å². The van der Waals surface area contributed by atoms with Crippen molar-refractivity contribution >= 4 is 17.2 Å². The first-order valence-electron chi connectivity index (χ1n) is 10.8. The summed E-state index contributed by atoms with van der Waals surface area (Å²) >= 11 is 1.89. The lowest BCUT2D eigenvalue weighted by Crippen LogP contribution is -2.42. The number of hydrogen-bond donors (Lipinski definition) is 1. The number of carbonyl (C=O) groups is 1. The highest BCUT2D eigenvalue weighted by Crippen LogP contribution is 2.27. The molecule has 1 aliphatic carbocycles. The fraction of sp³-hybridized carbons (Fsp3) is 0.565. The highest BCUT2D eigenvalue weighted by atomic mass is 32.1. The van der Waals surface area contributed by atoms with Crippen molar-refractivity contribution in [1.29, 1.82) is 0 Å². The van der Waals surface area contributed by atoms with E-state index in [0.29, 0.717) is 0 Å². The van der Waals surface area contributed by atoms with Gasteiger partial charge >= 0.3 is 0 Å². The van der Waals surface area contributed by atoms with Gasteiger partial charge in [0.05, 0.1) is 16.6 Å². The van der Waals surface area contributed by atoms with Gasteiger partial charge in [-0.1, -0.05) is 30.3 Å². The van der Waals surface area contributed by atoms with E-state index < -0.39 is 0 Å². The van der Waals surface area contributed by atoms with Crippen molar-refractivity contribution in [3.05, 3.63) is 51.5 Å². The first-order chi connectivity index (χ1) is 13.8. The molecule has 0 radical (unpaired) electrons. The average Bonchev–Trinajstić information content (AvgIpc) is 3.15. The van der Waals surface area contributed by atoms with Crippen LogP contribution in [0.25, 0.3) is 0 Å². The number of fused-ring (bicyclic) bond motifs is 1. The molecule has 1 aromatic carbocycles. The number of carbonyl (C=O) groups excluding carboxylic acids is 1. The van der Waals surface area contributed by atoms with Crippen LogP contribution in [0.15, 0.2) is 30.3 Å². The van der Waals surface area contributed by atoms with E-state index >= 15 is 0 Å².